The van der Waals surface area contributed by atoms with E-state index in [0.717, 1.165) is 5.56 Å². The smallest absolute Gasteiger partial charge is 0.410 e. The van der Waals surface area contributed by atoms with E-state index in [-0.39, 0.29) is 12.1 Å². The van der Waals surface area contributed by atoms with Crippen LogP contribution in [0.4, 0.5) is 4.79 Å². The molecule has 4 nitrogen and oxygen atoms in total. The van der Waals surface area contributed by atoms with Gasteiger partial charge >= 0.3 is 6.09 Å². The minimum Gasteiger partial charge on any atom is -0.444 e. The van der Waals surface area contributed by atoms with Gasteiger partial charge in [0.25, 0.3) is 0 Å². The lowest BCUT2D eigenvalue weighted by Crippen LogP contribution is -2.39. The van der Waals surface area contributed by atoms with E-state index in [1.807, 2.05) is 58.2 Å². The number of hydrogen-bond acceptors (Lipinski definition) is 3. The molecule has 1 aromatic rings. The second kappa shape index (κ2) is 6.57. The van der Waals surface area contributed by atoms with Crippen molar-refractivity contribution in [1.29, 1.82) is 0 Å². The average Bonchev–Trinajstić information content (AvgIpc) is 2.34. The summed E-state index contributed by atoms with van der Waals surface area (Å²) in [5, 5.41) is 3.12. The number of nitrogens with one attached hydrogen (secondary N) is 1. The van der Waals surface area contributed by atoms with Crippen LogP contribution in [0.1, 0.15) is 32.4 Å². The van der Waals surface area contributed by atoms with Crippen molar-refractivity contribution in [3.63, 3.8) is 0 Å². The summed E-state index contributed by atoms with van der Waals surface area (Å²) < 4.78 is 5.41. The summed E-state index contributed by atoms with van der Waals surface area (Å²) >= 11 is 0. The lowest BCUT2D eigenvalue weighted by atomic mass is 10.1. The highest BCUT2D eigenvalue weighted by Gasteiger charge is 2.25. The third-order valence-corrected chi connectivity index (χ3v) is 2.73. The molecular weight excluding hydrogens is 240 g/mol. The van der Waals surface area contributed by atoms with E-state index in [1.54, 1.807) is 11.9 Å². The summed E-state index contributed by atoms with van der Waals surface area (Å²) in [6.45, 7) is 6.29. The number of amides is 1. The molecule has 0 radical (unpaired) electrons. The summed E-state index contributed by atoms with van der Waals surface area (Å²) in [6.07, 6.45) is -0.309. The molecule has 0 aliphatic carbocycles. The van der Waals surface area contributed by atoms with Crippen molar-refractivity contribution in [1.82, 2.24) is 10.2 Å². The minimum atomic E-state index is -0.480. The SMILES string of the molecule is CNCC(c1ccccc1)N(C)C(=O)OC(C)(C)C. The zero-order valence-corrected chi connectivity index (χ0v) is 12.4. The Morgan fingerprint density at radius 2 is 1.89 bits per heavy atom. The van der Waals surface area contributed by atoms with Crippen molar-refractivity contribution in [3.05, 3.63) is 35.9 Å². The summed E-state index contributed by atoms with van der Waals surface area (Å²) in [5.74, 6) is 0. The molecule has 4 heteroatoms. The predicted octanol–water partition coefficient (Wildman–Crippen LogP) is 2.81. The molecule has 19 heavy (non-hydrogen) atoms. The number of benzene rings is 1. The number of nitrogens with zero attached hydrogens (tertiary/aromatic N) is 1. The van der Waals surface area contributed by atoms with Crippen molar-refractivity contribution < 1.29 is 9.53 Å². The fourth-order valence-corrected chi connectivity index (χ4v) is 1.81. The highest BCUT2D eigenvalue weighted by Crippen LogP contribution is 2.21. The van der Waals surface area contributed by atoms with Crippen molar-refractivity contribution >= 4 is 6.09 Å². The third-order valence-electron chi connectivity index (χ3n) is 2.73. The topological polar surface area (TPSA) is 41.6 Å². The quantitative estimate of drug-likeness (QED) is 0.909. The van der Waals surface area contributed by atoms with E-state index in [2.05, 4.69) is 5.32 Å². The van der Waals surface area contributed by atoms with Crippen molar-refractivity contribution in [3.8, 4) is 0 Å². The van der Waals surface area contributed by atoms with E-state index in [9.17, 15) is 4.79 Å². The Morgan fingerprint density at radius 3 is 2.37 bits per heavy atom. The number of carbonyl (C=O) groups excluding carboxylic acids is 1. The predicted molar refractivity (Wildman–Crippen MR) is 77.1 cm³/mol. The van der Waals surface area contributed by atoms with Crippen LogP contribution in [0, 0.1) is 0 Å². The minimum absolute atomic E-state index is 0.0407. The lowest BCUT2D eigenvalue weighted by Gasteiger charge is -2.31. The highest BCUT2D eigenvalue weighted by molar-refractivity contribution is 5.68. The monoisotopic (exact) mass is 264 g/mol. The molecule has 0 heterocycles. The Hall–Kier alpha value is -1.55. The number of hydrogen-bond donors (Lipinski definition) is 1. The zero-order valence-electron chi connectivity index (χ0n) is 12.4. The van der Waals surface area contributed by atoms with E-state index < -0.39 is 5.60 Å². The maximum atomic E-state index is 12.1. The maximum Gasteiger partial charge on any atom is 0.410 e. The number of carbonyl (C=O) groups is 1. The molecule has 106 valence electrons. The van der Waals surface area contributed by atoms with Crippen molar-refractivity contribution in [2.45, 2.75) is 32.4 Å². The third kappa shape index (κ3) is 4.91. The Labute approximate surface area is 115 Å². The molecule has 0 aliphatic rings. The van der Waals surface area contributed by atoms with Gasteiger partial charge in [0, 0.05) is 13.6 Å². The largest absolute Gasteiger partial charge is 0.444 e. The molecule has 0 bridgehead atoms. The highest BCUT2D eigenvalue weighted by atomic mass is 16.6. The molecule has 0 saturated heterocycles. The van der Waals surface area contributed by atoms with Crippen LogP contribution in [0.15, 0.2) is 30.3 Å². The van der Waals surface area contributed by atoms with E-state index in [4.69, 9.17) is 4.74 Å². The van der Waals surface area contributed by atoms with Gasteiger partial charge < -0.3 is 15.0 Å². The van der Waals surface area contributed by atoms with Crippen LogP contribution in [-0.2, 0) is 4.74 Å². The van der Waals surface area contributed by atoms with Gasteiger partial charge in [0.1, 0.15) is 5.60 Å². The second-order valence-electron chi connectivity index (χ2n) is 5.58. The zero-order chi connectivity index (χ0) is 14.5. The summed E-state index contributed by atoms with van der Waals surface area (Å²) in [6, 6.07) is 9.90. The maximum absolute atomic E-state index is 12.1. The van der Waals surface area contributed by atoms with Crippen molar-refractivity contribution in [2.24, 2.45) is 0 Å². The van der Waals surface area contributed by atoms with Gasteiger partial charge in [0.05, 0.1) is 6.04 Å². The molecule has 0 aromatic heterocycles. The first-order valence-electron chi connectivity index (χ1n) is 6.50. The average molecular weight is 264 g/mol. The van der Waals surface area contributed by atoms with Crippen molar-refractivity contribution in [2.75, 3.05) is 20.6 Å². The number of rotatable bonds is 4. The molecule has 1 rings (SSSR count). The van der Waals surface area contributed by atoms with E-state index >= 15 is 0 Å². The Kier molecular flexibility index (Phi) is 5.36. The molecule has 1 atom stereocenters. The molecule has 1 unspecified atom stereocenters. The molecule has 0 fully saturated rings. The standard InChI is InChI=1S/C15H24N2O2/c1-15(2,3)19-14(18)17(5)13(11-16-4)12-9-7-6-8-10-12/h6-10,13,16H,11H2,1-5H3. The van der Waals surface area contributed by atoms with Crippen LogP contribution in [0.25, 0.3) is 0 Å². The number of ether oxygens (including phenoxy) is 1. The van der Waals surface area contributed by atoms with Gasteiger partial charge in [-0.05, 0) is 33.4 Å². The fraction of sp³-hybridized carbons (Fsp3) is 0.533. The van der Waals surface area contributed by atoms with Crippen LogP contribution >= 0.6 is 0 Å². The summed E-state index contributed by atoms with van der Waals surface area (Å²) in [5.41, 5.74) is 0.608. The lowest BCUT2D eigenvalue weighted by molar-refractivity contribution is 0.0220. The second-order valence-corrected chi connectivity index (χ2v) is 5.58. The Morgan fingerprint density at radius 1 is 1.32 bits per heavy atom. The molecule has 1 amide bonds. The first kappa shape index (κ1) is 15.5. The molecule has 1 aromatic carbocycles. The Bertz CT molecular complexity index is 398. The van der Waals surface area contributed by atoms with Gasteiger partial charge in [0.2, 0.25) is 0 Å². The summed E-state index contributed by atoms with van der Waals surface area (Å²) in [7, 11) is 3.64. The van der Waals surface area contributed by atoms with Crippen LogP contribution in [0.5, 0.6) is 0 Å². The van der Waals surface area contributed by atoms with E-state index in [1.165, 1.54) is 0 Å². The molecule has 0 saturated carbocycles. The normalized spacial score (nSPS) is 12.9. The van der Waals surface area contributed by atoms with Gasteiger partial charge in [-0.25, -0.2) is 4.79 Å². The van der Waals surface area contributed by atoms with Gasteiger partial charge in [0.15, 0.2) is 0 Å². The van der Waals surface area contributed by atoms with Gasteiger partial charge in [-0.2, -0.15) is 0 Å². The summed E-state index contributed by atoms with van der Waals surface area (Å²) in [4.78, 5) is 13.8. The fourth-order valence-electron chi connectivity index (χ4n) is 1.81. The van der Waals surface area contributed by atoms with Gasteiger partial charge in [-0.3, -0.25) is 0 Å². The number of likely N-dealkylation sites (N-methyl/N-ethyl adjacent to an activating group) is 2. The molecular formula is C15H24N2O2. The molecule has 1 N–H and O–H groups in total. The Balaban J connectivity index is 2.85. The molecule has 0 spiro atoms. The van der Waals surface area contributed by atoms with Crippen LogP contribution in [0.2, 0.25) is 0 Å². The van der Waals surface area contributed by atoms with Crippen LogP contribution < -0.4 is 5.32 Å². The van der Waals surface area contributed by atoms with Crippen LogP contribution in [-0.4, -0.2) is 37.2 Å². The van der Waals surface area contributed by atoms with Gasteiger partial charge in [-0.1, -0.05) is 30.3 Å². The van der Waals surface area contributed by atoms with Crippen LogP contribution in [0.3, 0.4) is 0 Å². The first-order valence-corrected chi connectivity index (χ1v) is 6.50. The van der Waals surface area contributed by atoms with E-state index in [0.29, 0.717) is 6.54 Å². The molecule has 0 aliphatic heterocycles. The first-order chi connectivity index (χ1) is 8.85. The van der Waals surface area contributed by atoms with Gasteiger partial charge in [-0.15, -0.1) is 0 Å².